The molecule has 1 amide bonds. The fourth-order valence-corrected chi connectivity index (χ4v) is 0.0625. The van der Waals surface area contributed by atoms with E-state index < -0.39 is 5.91 Å². The summed E-state index contributed by atoms with van der Waals surface area (Å²) in [6.45, 7) is 0. The van der Waals surface area contributed by atoms with Gasteiger partial charge in [0.2, 0.25) is 0 Å². The van der Waals surface area contributed by atoms with E-state index in [-0.39, 0.29) is 0 Å². The van der Waals surface area contributed by atoms with Crippen molar-refractivity contribution in [3.8, 4) is 5.92 Å². The van der Waals surface area contributed by atoms with Gasteiger partial charge in [0, 0.05) is 13.0 Å². The molecule has 0 aromatic heterocycles. The van der Waals surface area contributed by atoms with Crippen LogP contribution in [0.15, 0.2) is 0 Å². The molecule has 0 aromatic carbocycles. The maximum atomic E-state index is 9.77. The molecule has 0 aliphatic heterocycles. The highest BCUT2D eigenvalue weighted by Gasteiger charge is 1.80. The van der Waals surface area contributed by atoms with Gasteiger partial charge in [-0.25, -0.2) is 0 Å². The first-order valence-electron chi connectivity index (χ1n) is 1.45. The van der Waals surface area contributed by atoms with Gasteiger partial charge in [0.15, 0.2) is 0 Å². The maximum absolute atomic E-state index is 9.77. The lowest BCUT2D eigenvalue weighted by molar-refractivity contribution is -0.115. The molecule has 0 bridgehead atoms. The van der Waals surface area contributed by atoms with Crippen molar-refractivity contribution >= 4 is 5.91 Å². The molecule has 0 saturated heterocycles. The summed E-state index contributed by atoms with van der Waals surface area (Å²) >= 11 is 0. The molecule has 0 spiro atoms. The Kier molecular flexibility index (Phi) is 1.91. The summed E-state index contributed by atoms with van der Waals surface area (Å²) in [5.41, 5.74) is 0. The predicted octanol–water partition coefficient (Wildman–Crippen LogP) is -0.678. The molecule has 0 unspecified atom stereocenters. The summed E-state index contributed by atoms with van der Waals surface area (Å²) in [5.74, 6) is 1.12. The Morgan fingerprint density at radius 1 is 2.00 bits per heavy atom. The van der Waals surface area contributed by atoms with Gasteiger partial charge in [-0.2, -0.15) is 0 Å². The molecular weight excluding hydrogens is 78.0 g/mol. The Balaban J connectivity index is 3.33. The smallest absolute Gasteiger partial charge is 0.296 e. The number of hydrogen-bond acceptors (Lipinski definition) is 1. The quantitative estimate of drug-likeness (QED) is 0.385. The average molecular weight is 82.1 g/mol. The Labute approximate surface area is 36.5 Å². The molecule has 1 radical (unpaired) electrons. The van der Waals surface area contributed by atoms with Crippen LogP contribution in [0.2, 0.25) is 0 Å². The third-order valence-electron chi connectivity index (χ3n) is 0.341. The van der Waals surface area contributed by atoms with Crippen LogP contribution in [0, 0.1) is 12.3 Å². The van der Waals surface area contributed by atoms with Gasteiger partial charge in [0.1, 0.15) is 0 Å². The maximum Gasteiger partial charge on any atom is 0.296 e. The van der Waals surface area contributed by atoms with Crippen molar-refractivity contribution in [3.05, 3.63) is 6.42 Å². The third-order valence-corrected chi connectivity index (χ3v) is 0.341. The summed E-state index contributed by atoms with van der Waals surface area (Å²) < 4.78 is 0. The van der Waals surface area contributed by atoms with E-state index in [4.69, 9.17) is 6.42 Å². The lowest BCUT2D eigenvalue weighted by Gasteiger charge is -1.79. The SMILES string of the molecule is [C]#CC(=O)NC. The lowest BCUT2D eigenvalue weighted by Crippen LogP contribution is -2.13. The summed E-state index contributed by atoms with van der Waals surface area (Å²) in [4.78, 5) is 9.77. The molecular formula is C4H4NO. The van der Waals surface area contributed by atoms with Crippen LogP contribution in [-0.2, 0) is 4.79 Å². The molecule has 0 aromatic rings. The molecule has 6 heavy (non-hydrogen) atoms. The molecule has 1 N–H and O–H groups in total. The van der Waals surface area contributed by atoms with E-state index in [9.17, 15) is 4.79 Å². The van der Waals surface area contributed by atoms with Crippen molar-refractivity contribution in [3.63, 3.8) is 0 Å². The summed E-state index contributed by atoms with van der Waals surface area (Å²) in [6, 6.07) is 0. The first kappa shape index (κ1) is 5.03. The van der Waals surface area contributed by atoms with Crippen LogP contribution in [0.3, 0.4) is 0 Å². The molecule has 0 fully saturated rings. The van der Waals surface area contributed by atoms with Crippen LogP contribution < -0.4 is 5.32 Å². The van der Waals surface area contributed by atoms with Gasteiger partial charge in [0.05, 0.1) is 0 Å². The fraction of sp³-hybridized carbons (Fsp3) is 0.250. The van der Waals surface area contributed by atoms with Crippen molar-refractivity contribution in [2.45, 2.75) is 0 Å². The first-order valence-corrected chi connectivity index (χ1v) is 1.45. The molecule has 2 nitrogen and oxygen atoms in total. The van der Waals surface area contributed by atoms with Crippen molar-refractivity contribution in [2.75, 3.05) is 7.05 Å². The van der Waals surface area contributed by atoms with Gasteiger partial charge in [-0.3, -0.25) is 4.79 Å². The summed E-state index contributed by atoms with van der Waals surface area (Å²) in [7, 11) is 1.45. The number of amides is 1. The van der Waals surface area contributed by atoms with Crippen LogP contribution in [0.5, 0.6) is 0 Å². The zero-order chi connectivity index (χ0) is 4.99. The zero-order valence-electron chi connectivity index (χ0n) is 3.41. The van der Waals surface area contributed by atoms with Gasteiger partial charge in [-0.15, -0.1) is 0 Å². The van der Waals surface area contributed by atoms with Crippen LogP contribution in [0.4, 0.5) is 0 Å². The van der Waals surface area contributed by atoms with E-state index in [2.05, 4.69) is 5.32 Å². The monoisotopic (exact) mass is 82.0 g/mol. The predicted molar refractivity (Wildman–Crippen MR) is 21.2 cm³/mol. The van der Waals surface area contributed by atoms with Crippen LogP contribution in [0.1, 0.15) is 0 Å². The molecule has 0 atom stereocenters. The van der Waals surface area contributed by atoms with E-state index in [0.29, 0.717) is 0 Å². The lowest BCUT2D eigenvalue weighted by atomic mass is 10.6. The van der Waals surface area contributed by atoms with E-state index in [1.807, 2.05) is 0 Å². The van der Waals surface area contributed by atoms with E-state index in [0.717, 1.165) is 0 Å². The van der Waals surface area contributed by atoms with Gasteiger partial charge in [-0.1, -0.05) is 0 Å². The summed E-state index contributed by atoms with van der Waals surface area (Å²) in [6.07, 6.45) is 6.15. The zero-order valence-corrected chi connectivity index (χ0v) is 3.41. The molecule has 0 heterocycles. The van der Waals surface area contributed by atoms with Gasteiger partial charge >= 0.3 is 0 Å². The highest BCUT2D eigenvalue weighted by molar-refractivity contribution is 5.91. The minimum atomic E-state index is -0.491. The molecule has 0 saturated carbocycles. The number of carbonyl (C=O) groups excluding carboxylic acids is 1. The molecule has 0 aliphatic rings. The second kappa shape index (κ2) is 2.28. The van der Waals surface area contributed by atoms with Gasteiger partial charge < -0.3 is 5.32 Å². The number of carbonyl (C=O) groups is 1. The Hall–Kier alpha value is -0.970. The van der Waals surface area contributed by atoms with Crippen molar-refractivity contribution in [1.82, 2.24) is 5.32 Å². The van der Waals surface area contributed by atoms with E-state index >= 15 is 0 Å². The van der Waals surface area contributed by atoms with Crippen molar-refractivity contribution in [1.29, 1.82) is 0 Å². The molecule has 31 valence electrons. The van der Waals surface area contributed by atoms with Gasteiger partial charge in [-0.05, 0) is 6.42 Å². The standard InChI is InChI=1S/C4H4NO/c1-3-4(6)5-2/h2H3,(H,5,6). The third kappa shape index (κ3) is 1.36. The largest absolute Gasteiger partial charge is 0.348 e. The minimum Gasteiger partial charge on any atom is -0.348 e. The molecule has 2 heteroatoms. The number of hydrogen-bond donors (Lipinski definition) is 1. The normalized spacial score (nSPS) is 6.00. The second-order valence-corrected chi connectivity index (χ2v) is 0.704. The molecule has 0 rings (SSSR count). The Morgan fingerprint density at radius 3 is 2.50 bits per heavy atom. The first-order chi connectivity index (χ1) is 2.81. The van der Waals surface area contributed by atoms with Crippen LogP contribution >= 0.6 is 0 Å². The highest BCUT2D eigenvalue weighted by atomic mass is 16.1. The topological polar surface area (TPSA) is 29.1 Å². The van der Waals surface area contributed by atoms with Crippen LogP contribution in [0.25, 0.3) is 0 Å². The highest BCUT2D eigenvalue weighted by Crippen LogP contribution is 1.47. The molecule has 0 aliphatic carbocycles. The fourth-order valence-electron chi connectivity index (χ4n) is 0.0625. The van der Waals surface area contributed by atoms with Gasteiger partial charge in [0.25, 0.3) is 5.91 Å². The van der Waals surface area contributed by atoms with Crippen LogP contribution in [-0.4, -0.2) is 13.0 Å². The second-order valence-electron chi connectivity index (χ2n) is 0.704. The average Bonchev–Trinajstić information content (AvgIpc) is 1.65. The van der Waals surface area contributed by atoms with E-state index in [1.54, 1.807) is 5.92 Å². The minimum absolute atomic E-state index is 0.491. The number of nitrogens with one attached hydrogen (secondary N) is 1. The van der Waals surface area contributed by atoms with Crippen molar-refractivity contribution < 1.29 is 4.79 Å². The summed E-state index contributed by atoms with van der Waals surface area (Å²) in [5, 5.41) is 2.18. The number of rotatable bonds is 0. The van der Waals surface area contributed by atoms with Crippen molar-refractivity contribution in [2.24, 2.45) is 0 Å². The Bertz CT molecular complexity index is 90.2. The van der Waals surface area contributed by atoms with E-state index in [1.165, 1.54) is 7.05 Å². The Morgan fingerprint density at radius 2 is 2.50 bits per heavy atom.